The summed E-state index contributed by atoms with van der Waals surface area (Å²) < 4.78 is 16.9. The summed E-state index contributed by atoms with van der Waals surface area (Å²) >= 11 is 0. The number of rotatable bonds is 7. The van der Waals surface area contributed by atoms with Crippen LogP contribution in [0.2, 0.25) is 0 Å². The van der Waals surface area contributed by atoms with Crippen LogP contribution in [-0.2, 0) is 11.4 Å². The number of fused-ring (bicyclic) bond motifs is 1. The van der Waals surface area contributed by atoms with E-state index in [1.807, 2.05) is 67.6 Å². The topological polar surface area (TPSA) is 69.7 Å². The van der Waals surface area contributed by atoms with Gasteiger partial charge in [0, 0.05) is 42.0 Å². The third-order valence-corrected chi connectivity index (χ3v) is 4.98. The van der Waals surface area contributed by atoms with Crippen molar-refractivity contribution in [1.29, 1.82) is 0 Å². The number of benzene rings is 3. The highest BCUT2D eigenvalue weighted by atomic mass is 35.5. The number of ether oxygens (including phenoxy) is 3. The highest BCUT2D eigenvalue weighted by Gasteiger charge is 2.12. The van der Waals surface area contributed by atoms with Gasteiger partial charge in [-0.2, -0.15) is 0 Å². The molecule has 4 rings (SSSR count). The van der Waals surface area contributed by atoms with Gasteiger partial charge in [-0.05, 0) is 36.2 Å². The fraction of sp³-hybridized carbons (Fsp3) is 0.154. The number of carbonyl (C=O) groups is 1. The number of methoxy groups -OCH3 is 1. The molecule has 0 fully saturated rings. The summed E-state index contributed by atoms with van der Waals surface area (Å²) in [5, 5.41) is 4.27. The number of carbonyl (C=O) groups excluding carboxylic acids is 1. The quantitative estimate of drug-likeness (QED) is 0.258. The van der Waals surface area contributed by atoms with Crippen molar-refractivity contribution in [3.8, 4) is 17.2 Å². The van der Waals surface area contributed by atoms with Gasteiger partial charge in [-0.3, -0.25) is 9.78 Å². The van der Waals surface area contributed by atoms with E-state index in [1.54, 1.807) is 19.4 Å². The number of aromatic nitrogens is 1. The van der Waals surface area contributed by atoms with Gasteiger partial charge in [0.1, 0.15) is 12.4 Å². The summed E-state index contributed by atoms with van der Waals surface area (Å²) in [4.78, 5) is 15.9. The molecule has 1 N–H and O–H groups in total. The van der Waals surface area contributed by atoms with E-state index >= 15 is 0 Å². The van der Waals surface area contributed by atoms with E-state index < -0.39 is 0 Å². The SMILES string of the molecule is COc1cc2c(Nc3ccc(C)c(OC(C)=O)c3)ccnc2cc1OCc1ccccc1.Cl. The number of esters is 1. The highest BCUT2D eigenvalue weighted by molar-refractivity contribution is 5.95. The second-order valence-electron chi connectivity index (χ2n) is 7.35. The molecule has 6 nitrogen and oxygen atoms in total. The zero-order valence-electron chi connectivity index (χ0n) is 18.6. The lowest BCUT2D eigenvalue weighted by Gasteiger charge is -2.15. The van der Waals surface area contributed by atoms with E-state index in [4.69, 9.17) is 14.2 Å². The van der Waals surface area contributed by atoms with E-state index in [0.29, 0.717) is 23.9 Å². The maximum absolute atomic E-state index is 11.4. The summed E-state index contributed by atoms with van der Waals surface area (Å²) in [6.07, 6.45) is 1.74. The van der Waals surface area contributed by atoms with Crippen LogP contribution in [0.3, 0.4) is 0 Å². The molecule has 0 atom stereocenters. The molecule has 7 heteroatoms. The molecule has 4 aromatic rings. The third-order valence-electron chi connectivity index (χ3n) is 4.98. The van der Waals surface area contributed by atoms with Gasteiger partial charge in [0.25, 0.3) is 0 Å². The lowest BCUT2D eigenvalue weighted by Crippen LogP contribution is -2.03. The zero-order valence-corrected chi connectivity index (χ0v) is 19.4. The molecule has 0 aliphatic carbocycles. The van der Waals surface area contributed by atoms with Crippen LogP contribution < -0.4 is 19.5 Å². The number of pyridine rings is 1. The maximum Gasteiger partial charge on any atom is 0.308 e. The van der Waals surface area contributed by atoms with Gasteiger partial charge in [-0.1, -0.05) is 36.4 Å². The monoisotopic (exact) mass is 464 g/mol. The number of hydrogen-bond acceptors (Lipinski definition) is 6. The summed E-state index contributed by atoms with van der Waals surface area (Å²) in [6.45, 7) is 3.72. The van der Waals surface area contributed by atoms with Gasteiger partial charge in [-0.25, -0.2) is 0 Å². The molecule has 0 bridgehead atoms. The van der Waals surface area contributed by atoms with Crippen molar-refractivity contribution in [3.63, 3.8) is 0 Å². The smallest absolute Gasteiger partial charge is 0.308 e. The van der Waals surface area contributed by atoms with E-state index in [9.17, 15) is 4.79 Å². The van der Waals surface area contributed by atoms with E-state index in [2.05, 4.69) is 10.3 Å². The van der Waals surface area contributed by atoms with Crippen molar-refractivity contribution in [3.05, 3.63) is 84.1 Å². The van der Waals surface area contributed by atoms with Crippen molar-refractivity contribution in [2.75, 3.05) is 12.4 Å². The Labute approximate surface area is 198 Å². The Morgan fingerprint density at radius 2 is 1.76 bits per heavy atom. The molecule has 0 spiro atoms. The van der Waals surface area contributed by atoms with Crippen LogP contribution in [0.1, 0.15) is 18.1 Å². The van der Waals surface area contributed by atoms with Crippen molar-refractivity contribution >= 4 is 40.7 Å². The normalized spacial score (nSPS) is 10.3. The molecule has 0 amide bonds. The van der Waals surface area contributed by atoms with Crippen LogP contribution in [0.5, 0.6) is 17.2 Å². The highest BCUT2D eigenvalue weighted by Crippen LogP contribution is 2.36. The fourth-order valence-electron chi connectivity index (χ4n) is 3.37. The first-order valence-electron chi connectivity index (χ1n) is 10.2. The molecule has 0 saturated carbocycles. The summed E-state index contributed by atoms with van der Waals surface area (Å²) in [5.74, 6) is 1.41. The average molecular weight is 465 g/mol. The van der Waals surface area contributed by atoms with Crippen molar-refractivity contribution < 1.29 is 19.0 Å². The van der Waals surface area contributed by atoms with Gasteiger partial charge in [-0.15, -0.1) is 12.4 Å². The molecule has 0 aliphatic heterocycles. The van der Waals surface area contributed by atoms with Gasteiger partial charge < -0.3 is 19.5 Å². The first kappa shape index (κ1) is 23.9. The Kier molecular flexibility index (Phi) is 7.74. The molecule has 1 heterocycles. The molecule has 170 valence electrons. The molecule has 1 aromatic heterocycles. The van der Waals surface area contributed by atoms with Gasteiger partial charge >= 0.3 is 5.97 Å². The summed E-state index contributed by atoms with van der Waals surface area (Å²) in [5.41, 5.74) is 4.36. The Balaban J connectivity index is 0.00000306. The Morgan fingerprint density at radius 1 is 0.970 bits per heavy atom. The predicted octanol–water partition coefficient (Wildman–Crippen LogP) is 6.22. The molecule has 0 aliphatic rings. The molecular formula is C26H25ClN2O4. The minimum atomic E-state index is -0.354. The van der Waals surface area contributed by atoms with E-state index in [-0.39, 0.29) is 18.4 Å². The molecule has 0 unspecified atom stereocenters. The van der Waals surface area contributed by atoms with Crippen LogP contribution >= 0.6 is 12.4 Å². The summed E-state index contributed by atoms with van der Waals surface area (Å²) in [7, 11) is 1.62. The fourth-order valence-corrected chi connectivity index (χ4v) is 3.37. The lowest BCUT2D eigenvalue weighted by atomic mass is 10.1. The van der Waals surface area contributed by atoms with Gasteiger partial charge in [0.15, 0.2) is 11.5 Å². The van der Waals surface area contributed by atoms with E-state index in [0.717, 1.165) is 33.4 Å². The molecular weight excluding hydrogens is 440 g/mol. The Bertz CT molecular complexity index is 1260. The Hall–Kier alpha value is -3.77. The lowest BCUT2D eigenvalue weighted by molar-refractivity contribution is -0.131. The number of nitrogens with one attached hydrogen (secondary N) is 1. The minimum absolute atomic E-state index is 0. The van der Waals surface area contributed by atoms with Crippen molar-refractivity contribution in [2.24, 2.45) is 0 Å². The first-order valence-corrected chi connectivity index (χ1v) is 10.2. The molecule has 33 heavy (non-hydrogen) atoms. The van der Waals surface area contributed by atoms with Crippen LogP contribution in [0, 0.1) is 6.92 Å². The largest absolute Gasteiger partial charge is 0.493 e. The van der Waals surface area contributed by atoms with Crippen LogP contribution in [0.25, 0.3) is 10.9 Å². The molecule has 0 saturated heterocycles. The van der Waals surface area contributed by atoms with Crippen molar-refractivity contribution in [2.45, 2.75) is 20.5 Å². The number of anilines is 2. The number of hydrogen-bond donors (Lipinski definition) is 1. The Morgan fingerprint density at radius 3 is 2.48 bits per heavy atom. The number of aryl methyl sites for hydroxylation is 1. The number of nitrogens with zero attached hydrogens (tertiary/aromatic N) is 1. The van der Waals surface area contributed by atoms with E-state index in [1.165, 1.54) is 6.92 Å². The third kappa shape index (κ3) is 5.73. The maximum atomic E-state index is 11.4. The van der Waals surface area contributed by atoms with Crippen LogP contribution in [0.4, 0.5) is 11.4 Å². The molecule has 0 radical (unpaired) electrons. The standard InChI is InChI=1S/C26H24N2O4.ClH/c1-17-9-10-20(13-24(17)32-18(2)29)28-22-11-12-27-23-15-26(25(30-3)14-21(22)23)31-16-19-7-5-4-6-8-19;/h4-15H,16H2,1-3H3,(H,27,28);1H. The zero-order chi connectivity index (χ0) is 22.5. The summed E-state index contributed by atoms with van der Waals surface area (Å²) in [6, 6.07) is 21.3. The second kappa shape index (κ2) is 10.7. The first-order chi connectivity index (χ1) is 15.5. The van der Waals surface area contributed by atoms with Crippen molar-refractivity contribution in [1.82, 2.24) is 4.98 Å². The average Bonchev–Trinajstić information content (AvgIpc) is 2.80. The van der Waals surface area contributed by atoms with Crippen LogP contribution in [0.15, 0.2) is 72.9 Å². The van der Waals surface area contributed by atoms with Gasteiger partial charge in [0.2, 0.25) is 0 Å². The second-order valence-corrected chi connectivity index (χ2v) is 7.35. The predicted molar refractivity (Wildman–Crippen MR) is 132 cm³/mol. The number of halogens is 1. The van der Waals surface area contributed by atoms with Gasteiger partial charge in [0.05, 0.1) is 12.6 Å². The van der Waals surface area contributed by atoms with Crippen LogP contribution in [-0.4, -0.2) is 18.1 Å². The molecule has 3 aromatic carbocycles. The minimum Gasteiger partial charge on any atom is -0.493 e.